The molecule has 4 heterocycles. The number of piperidine rings is 2. The minimum atomic E-state index is -1.87. The van der Waals surface area contributed by atoms with E-state index >= 15 is 8.78 Å². The van der Waals surface area contributed by atoms with Gasteiger partial charge < -0.3 is 28.4 Å². The minimum Gasteiger partial charge on any atom is -0.480 e. The maximum atomic E-state index is 16.7. The molecule has 0 bridgehead atoms. The van der Waals surface area contributed by atoms with Crippen LogP contribution in [0.1, 0.15) is 80.4 Å². The van der Waals surface area contributed by atoms with Crippen LogP contribution in [0.5, 0.6) is 0 Å². The Balaban J connectivity index is 0.678. The van der Waals surface area contributed by atoms with Crippen molar-refractivity contribution in [2.45, 2.75) is 72.3 Å². The van der Waals surface area contributed by atoms with E-state index in [0.29, 0.717) is 76.5 Å². The predicted octanol–water partition coefficient (Wildman–Crippen LogP) is 14.2. The van der Waals surface area contributed by atoms with Crippen LogP contribution in [0.3, 0.4) is 0 Å². The molecule has 0 saturated carbocycles. The van der Waals surface area contributed by atoms with Crippen LogP contribution < -0.4 is 0 Å². The van der Waals surface area contributed by atoms with Gasteiger partial charge in [-0.05, 0) is 83.3 Å². The van der Waals surface area contributed by atoms with Crippen LogP contribution in [0.4, 0.5) is 8.78 Å². The number of aliphatic carboxylic acids is 1. The van der Waals surface area contributed by atoms with Gasteiger partial charge in [0.2, 0.25) is 11.6 Å². The fraction of sp³-hybridized carbons (Fsp3) is 0.250. The molecule has 0 spiro atoms. The lowest BCUT2D eigenvalue weighted by Gasteiger charge is -2.38. The standard InChI is InChI=1S/C76H68F2N6O11/c1-74(2,3)64(85)48-92-72(89)76(71(88)91-47-51-15-7-4-8-16-51)37-41-84(42-38-76)46-50-25-29-55(30-26-50)67-80-69(95-82-67)57-32-34-60(63(78)44-57)59-21-13-14-22-61(59)65(53-19-11-6-12-20-53)93-73(90)75(70(86)87)35-39-83(40-36-75)45-49-23-27-54(28-24-49)66-79-68(94-81-66)56-31-33-58(62(77)43-56)52-17-9-5-10-18-52/h4-34,43-44,65H,35-42,45-48H2,1-3H3,(H,86,87). The second-order valence-corrected chi connectivity index (χ2v) is 25.1. The summed E-state index contributed by atoms with van der Waals surface area (Å²) in [6.07, 6.45) is -0.901. The average Bonchev–Trinajstić information content (AvgIpc) is 1.59. The van der Waals surface area contributed by atoms with Crippen LogP contribution >= 0.6 is 0 Å². The van der Waals surface area contributed by atoms with Crippen LogP contribution in [0.25, 0.3) is 67.9 Å². The molecule has 2 aliphatic rings. The lowest BCUT2D eigenvalue weighted by atomic mass is 9.78. The van der Waals surface area contributed by atoms with Crippen molar-refractivity contribution in [2.75, 3.05) is 32.8 Å². The van der Waals surface area contributed by atoms with Crippen molar-refractivity contribution in [3.8, 4) is 67.9 Å². The average molecular weight is 1280 g/mol. The number of ketones is 1. The van der Waals surface area contributed by atoms with Crippen molar-refractivity contribution in [1.29, 1.82) is 0 Å². The number of carboxylic acid groups (broad SMARTS) is 1. The van der Waals surface area contributed by atoms with E-state index in [4.69, 9.17) is 23.3 Å². The summed E-state index contributed by atoms with van der Waals surface area (Å²) in [5.74, 6) is -4.11. The molecule has 2 aliphatic heterocycles. The summed E-state index contributed by atoms with van der Waals surface area (Å²) in [5.41, 5.74) is 3.36. The van der Waals surface area contributed by atoms with Gasteiger partial charge in [0.15, 0.2) is 29.3 Å². The molecule has 2 aromatic heterocycles. The molecule has 10 aromatic rings. The zero-order chi connectivity index (χ0) is 66.3. The first-order chi connectivity index (χ1) is 45.9. The van der Waals surface area contributed by atoms with Crippen molar-refractivity contribution >= 4 is 29.7 Å². The van der Waals surface area contributed by atoms with E-state index < -0.39 is 64.5 Å². The molecule has 0 radical (unpaired) electrons. The molecule has 1 unspecified atom stereocenters. The Morgan fingerprint density at radius 1 is 0.505 bits per heavy atom. The van der Waals surface area contributed by atoms with Gasteiger partial charge in [-0.15, -0.1) is 0 Å². The van der Waals surface area contributed by atoms with Gasteiger partial charge >= 0.3 is 23.9 Å². The number of carbonyl (C=O) groups is 5. The molecule has 8 aromatic carbocycles. The molecule has 12 rings (SSSR count). The number of hydrogen-bond donors (Lipinski definition) is 1. The number of rotatable bonds is 21. The SMILES string of the molecule is CC(C)(C)C(=O)COC(=O)C1(C(=O)OCc2ccccc2)CCN(Cc2ccc(-c3noc(-c4ccc(-c5ccccc5C(OC(=O)C5(C(=O)O)CCN(Cc6ccc(-c7noc(-c8ccc(-c9ccccc9)c(F)c8)n7)cc6)CC5)c5ccccc5)c(F)c4)n3)cc2)CC1. The Bertz CT molecular complexity index is 4390. The Morgan fingerprint density at radius 3 is 1.48 bits per heavy atom. The summed E-state index contributed by atoms with van der Waals surface area (Å²) in [7, 11) is 0. The van der Waals surface area contributed by atoms with Crippen molar-refractivity contribution < 1.29 is 61.1 Å². The van der Waals surface area contributed by atoms with Crippen molar-refractivity contribution in [2.24, 2.45) is 16.2 Å². The van der Waals surface area contributed by atoms with Crippen LogP contribution in [0.15, 0.2) is 209 Å². The van der Waals surface area contributed by atoms with E-state index in [-0.39, 0.29) is 74.3 Å². The second kappa shape index (κ2) is 27.9. The lowest BCUT2D eigenvalue weighted by Crippen LogP contribution is -2.50. The van der Waals surface area contributed by atoms with Crippen molar-refractivity contribution in [1.82, 2.24) is 30.1 Å². The fourth-order valence-corrected chi connectivity index (χ4v) is 12.0. The number of carboxylic acids is 1. The zero-order valence-electron chi connectivity index (χ0n) is 52.6. The van der Waals surface area contributed by atoms with Gasteiger partial charge in [0.1, 0.15) is 18.2 Å². The topological polar surface area (TPSA) is 218 Å². The fourth-order valence-electron chi connectivity index (χ4n) is 12.0. The highest BCUT2D eigenvalue weighted by molar-refractivity contribution is 6.01. The molecular weight excluding hydrogens is 1210 g/mol. The maximum absolute atomic E-state index is 16.7. The third kappa shape index (κ3) is 14.3. The van der Waals surface area contributed by atoms with Crippen molar-refractivity contribution in [3.05, 3.63) is 240 Å². The molecule has 1 atom stereocenters. The molecule has 482 valence electrons. The largest absolute Gasteiger partial charge is 0.480 e. The highest BCUT2D eigenvalue weighted by Gasteiger charge is 2.52. The number of esters is 3. The Kier molecular flexibility index (Phi) is 18.9. The van der Waals surface area contributed by atoms with E-state index in [0.717, 1.165) is 22.3 Å². The molecular formula is C76H68F2N6O11. The monoisotopic (exact) mass is 1280 g/mol. The minimum absolute atomic E-state index is 0.0111. The maximum Gasteiger partial charge on any atom is 0.324 e. The molecule has 19 heteroatoms. The van der Waals surface area contributed by atoms with E-state index in [1.54, 1.807) is 93.6 Å². The third-order valence-electron chi connectivity index (χ3n) is 17.9. The van der Waals surface area contributed by atoms with Gasteiger partial charge in [-0.3, -0.25) is 33.8 Å². The molecule has 2 saturated heterocycles. The second-order valence-electron chi connectivity index (χ2n) is 25.1. The van der Waals surface area contributed by atoms with Crippen LogP contribution in [0, 0.1) is 27.9 Å². The highest BCUT2D eigenvalue weighted by atomic mass is 19.1. The summed E-state index contributed by atoms with van der Waals surface area (Å²) in [4.78, 5) is 81.5. The van der Waals surface area contributed by atoms with Gasteiger partial charge in [-0.1, -0.05) is 207 Å². The number of ether oxygens (including phenoxy) is 3. The highest BCUT2D eigenvalue weighted by Crippen LogP contribution is 2.42. The first kappa shape index (κ1) is 64.5. The first-order valence-corrected chi connectivity index (χ1v) is 31.4. The normalized spacial score (nSPS) is 15.1. The van der Waals surface area contributed by atoms with E-state index in [2.05, 4.69) is 30.1 Å². The molecule has 1 N–H and O–H groups in total. The lowest BCUT2D eigenvalue weighted by molar-refractivity contribution is -0.179. The molecule has 0 aliphatic carbocycles. The third-order valence-corrected chi connectivity index (χ3v) is 17.9. The Morgan fingerprint density at radius 2 is 0.968 bits per heavy atom. The zero-order valence-corrected chi connectivity index (χ0v) is 52.6. The summed E-state index contributed by atoms with van der Waals surface area (Å²) < 4.78 is 60.7. The summed E-state index contributed by atoms with van der Waals surface area (Å²) in [5, 5.41) is 19.2. The van der Waals surface area contributed by atoms with Gasteiger partial charge in [0.05, 0.1) is 0 Å². The molecule has 0 amide bonds. The summed E-state index contributed by atoms with van der Waals surface area (Å²) >= 11 is 0. The van der Waals surface area contributed by atoms with E-state index in [9.17, 15) is 29.1 Å². The number of Topliss-reactive ketones (excluding diaryl/α,β-unsaturated/α-hetero) is 1. The number of hydrogen-bond acceptors (Lipinski definition) is 16. The molecule has 17 nitrogen and oxygen atoms in total. The number of likely N-dealkylation sites (tertiary alicyclic amines) is 2. The smallest absolute Gasteiger partial charge is 0.324 e. The quantitative estimate of drug-likeness (QED) is 0.0402. The molecule has 2 fully saturated rings. The van der Waals surface area contributed by atoms with Crippen LogP contribution in [-0.2, 0) is 57.9 Å². The van der Waals surface area contributed by atoms with E-state index in [1.807, 2.05) is 115 Å². The van der Waals surface area contributed by atoms with E-state index in [1.165, 1.54) is 12.1 Å². The summed E-state index contributed by atoms with van der Waals surface area (Å²) in [6.45, 7) is 7.06. The Labute approximate surface area is 547 Å². The number of carbonyl (C=O) groups excluding carboxylic acids is 4. The number of nitrogens with zero attached hydrogens (tertiary/aromatic N) is 6. The number of aromatic nitrogens is 4. The number of benzene rings is 8. The number of halogens is 2. The predicted molar refractivity (Wildman–Crippen MR) is 349 cm³/mol. The van der Waals surface area contributed by atoms with Gasteiger partial charge in [-0.25, -0.2) is 8.78 Å². The van der Waals surface area contributed by atoms with Gasteiger partial charge in [0.25, 0.3) is 11.8 Å². The van der Waals surface area contributed by atoms with Crippen LogP contribution in [-0.4, -0.2) is 97.6 Å². The van der Waals surface area contributed by atoms with Crippen molar-refractivity contribution in [3.63, 3.8) is 0 Å². The summed E-state index contributed by atoms with van der Waals surface area (Å²) in [6, 6.07) is 58.7. The first-order valence-electron chi connectivity index (χ1n) is 31.4. The van der Waals surface area contributed by atoms with Gasteiger partial charge in [-0.2, -0.15) is 9.97 Å². The van der Waals surface area contributed by atoms with Crippen LogP contribution in [0.2, 0.25) is 0 Å². The Hall–Kier alpha value is -10.6. The van der Waals surface area contributed by atoms with Gasteiger partial charge in [0, 0.05) is 83.6 Å². The molecule has 95 heavy (non-hydrogen) atoms.